The lowest BCUT2D eigenvalue weighted by Gasteiger charge is -2.18. The summed E-state index contributed by atoms with van der Waals surface area (Å²) in [4.78, 5) is 15.8. The second-order valence-corrected chi connectivity index (χ2v) is 5.89. The van der Waals surface area contributed by atoms with Crippen molar-refractivity contribution in [2.24, 2.45) is 4.99 Å². The van der Waals surface area contributed by atoms with Crippen molar-refractivity contribution >= 4 is 49.2 Å². The van der Waals surface area contributed by atoms with E-state index in [1.54, 1.807) is 12.1 Å². The van der Waals surface area contributed by atoms with Crippen LogP contribution in [0.25, 0.3) is 0 Å². The molecule has 3 nitrogen and oxygen atoms in total. The van der Waals surface area contributed by atoms with Crippen LogP contribution in [0.4, 0.5) is 5.69 Å². The molecule has 0 fully saturated rings. The fourth-order valence-electron chi connectivity index (χ4n) is 2.22. The maximum atomic E-state index is 11.1. The molecule has 1 atom stereocenters. The first kappa shape index (κ1) is 15.4. The molecule has 0 saturated heterocycles. The van der Waals surface area contributed by atoms with Gasteiger partial charge >= 0.3 is 5.97 Å². The number of hydrogen-bond acceptors (Lipinski definition) is 2. The number of carboxylic acids is 1. The molecule has 1 aliphatic rings. The van der Waals surface area contributed by atoms with Crippen molar-refractivity contribution in [3.05, 3.63) is 41.0 Å². The van der Waals surface area contributed by atoms with Crippen LogP contribution in [-0.2, 0) is 0 Å². The number of alkyl halides is 2. The molecule has 2 rings (SSSR count). The van der Waals surface area contributed by atoms with E-state index in [1.807, 2.05) is 6.07 Å². The van der Waals surface area contributed by atoms with Crippen LogP contribution in [0.3, 0.4) is 0 Å². The second kappa shape index (κ2) is 6.68. The smallest absolute Gasteiger partial charge is 0.335 e. The zero-order valence-electron chi connectivity index (χ0n) is 11.1. The molecule has 0 aromatic heterocycles. The lowest BCUT2D eigenvalue weighted by Crippen LogP contribution is -2.09. The first-order valence-electron chi connectivity index (χ1n) is 6.33. The molecule has 5 heteroatoms. The van der Waals surface area contributed by atoms with E-state index < -0.39 is 5.97 Å². The third-order valence-electron chi connectivity index (χ3n) is 3.42. The van der Waals surface area contributed by atoms with E-state index in [2.05, 4.69) is 49.9 Å². The van der Waals surface area contributed by atoms with Gasteiger partial charge < -0.3 is 5.11 Å². The zero-order chi connectivity index (χ0) is 14.7. The monoisotopic (exact) mass is 399 g/mol. The van der Waals surface area contributed by atoms with E-state index >= 15 is 0 Å². The van der Waals surface area contributed by atoms with Gasteiger partial charge in [-0.15, -0.1) is 0 Å². The maximum Gasteiger partial charge on any atom is 0.335 e. The van der Waals surface area contributed by atoms with Crippen molar-refractivity contribution in [2.45, 2.75) is 19.3 Å². The number of benzene rings is 1. The Labute approximate surface area is 135 Å². The standard InChI is InChI=1S/C15H15Br2NO2/c1-9-2-3-11(7-16)14(8-17)18-13-6-10(15(19)20)4-5-12(9)13/h3-6,9H,2,7-8H2,1H3,(H,19,20)/b11-3+,18-14?. The molecule has 1 aromatic rings. The van der Waals surface area contributed by atoms with Gasteiger partial charge in [0.2, 0.25) is 0 Å². The van der Waals surface area contributed by atoms with Gasteiger partial charge in [-0.3, -0.25) is 4.99 Å². The zero-order valence-corrected chi connectivity index (χ0v) is 14.2. The number of fused-ring (bicyclic) bond motifs is 1. The van der Waals surface area contributed by atoms with Crippen molar-refractivity contribution in [1.29, 1.82) is 0 Å². The predicted molar refractivity (Wildman–Crippen MR) is 89.2 cm³/mol. The van der Waals surface area contributed by atoms with E-state index in [9.17, 15) is 4.79 Å². The second-order valence-electron chi connectivity index (χ2n) is 4.77. The number of aromatic carboxylic acids is 1. The fraction of sp³-hybridized carbons (Fsp3) is 0.333. The summed E-state index contributed by atoms with van der Waals surface area (Å²) in [6.07, 6.45) is 3.12. The van der Waals surface area contributed by atoms with Crippen molar-refractivity contribution in [1.82, 2.24) is 0 Å². The van der Waals surface area contributed by atoms with Crippen molar-refractivity contribution in [3.63, 3.8) is 0 Å². The molecule has 106 valence electrons. The maximum absolute atomic E-state index is 11.1. The van der Waals surface area contributed by atoms with Gasteiger partial charge in [0, 0.05) is 10.7 Å². The van der Waals surface area contributed by atoms with Crippen molar-refractivity contribution in [3.8, 4) is 0 Å². The highest BCUT2D eigenvalue weighted by molar-refractivity contribution is 9.09. The summed E-state index contributed by atoms with van der Waals surface area (Å²) >= 11 is 6.94. The Morgan fingerprint density at radius 1 is 1.40 bits per heavy atom. The van der Waals surface area contributed by atoms with Gasteiger partial charge in [-0.1, -0.05) is 50.9 Å². The van der Waals surface area contributed by atoms with Crippen LogP contribution in [0, 0.1) is 0 Å². The molecular weight excluding hydrogens is 386 g/mol. The summed E-state index contributed by atoms with van der Waals surface area (Å²) in [6.45, 7) is 2.14. The molecule has 1 aromatic carbocycles. The molecule has 1 aliphatic heterocycles. The lowest BCUT2D eigenvalue weighted by molar-refractivity contribution is 0.0697. The molecule has 0 aliphatic carbocycles. The Morgan fingerprint density at radius 3 is 2.75 bits per heavy atom. The molecule has 0 radical (unpaired) electrons. The number of rotatable bonds is 3. The quantitative estimate of drug-likeness (QED) is 0.748. The molecule has 0 bridgehead atoms. The molecule has 20 heavy (non-hydrogen) atoms. The Hall–Kier alpha value is -0.940. The summed E-state index contributed by atoms with van der Waals surface area (Å²) in [7, 11) is 0. The number of aliphatic imine (C=N–C) groups is 1. The molecule has 0 amide bonds. The number of nitrogens with zero attached hydrogens (tertiary/aromatic N) is 1. The van der Waals surface area contributed by atoms with Crippen LogP contribution in [0.5, 0.6) is 0 Å². The molecule has 1 heterocycles. The van der Waals surface area contributed by atoms with Gasteiger partial charge in [-0.2, -0.15) is 0 Å². The van der Waals surface area contributed by atoms with Crippen LogP contribution < -0.4 is 0 Å². The van der Waals surface area contributed by atoms with E-state index in [1.165, 1.54) is 0 Å². The lowest BCUT2D eigenvalue weighted by atomic mass is 9.92. The number of allylic oxidation sites excluding steroid dienone is 2. The van der Waals surface area contributed by atoms with Gasteiger partial charge in [-0.25, -0.2) is 4.79 Å². The summed E-state index contributed by atoms with van der Waals surface area (Å²) in [5.74, 6) is -0.600. The number of halogens is 2. The highest BCUT2D eigenvalue weighted by Crippen LogP contribution is 2.33. The van der Waals surface area contributed by atoms with Gasteiger partial charge in [-0.05, 0) is 35.6 Å². The third-order valence-corrected chi connectivity index (χ3v) is 4.56. The Kier molecular flexibility index (Phi) is 5.16. The molecule has 1 N–H and O–H groups in total. The number of hydrogen-bond donors (Lipinski definition) is 1. The van der Waals surface area contributed by atoms with Crippen LogP contribution in [0.1, 0.15) is 35.2 Å². The summed E-state index contributed by atoms with van der Waals surface area (Å²) in [5.41, 5.74) is 4.23. The minimum atomic E-state index is -0.922. The molecule has 0 spiro atoms. The molecule has 0 saturated carbocycles. The number of carbonyl (C=O) groups is 1. The van der Waals surface area contributed by atoms with Crippen LogP contribution in [0.2, 0.25) is 0 Å². The Balaban J connectivity index is 2.59. The van der Waals surface area contributed by atoms with Gasteiger partial charge in [0.1, 0.15) is 0 Å². The first-order chi connectivity index (χ1) is 9.56. The fourth-order valence-corrected chi connectivity index (χ4v) is 3.26. The largest absolute Gasteiger partial charge is 0.478 e. The van der Waals surface area contributed by atoms with Gasteiger partial charge in [0.05, 0.1) is 17.0 Å². The molecular formula is C15H15Br2NO2. The van der Waals surface area contributed by atoms with Crippen LogP contribution in [0.15, 0.2) is 34.8 Å². The molecule has 1 unspecified atom stereocenters. The number of carboxylic acid groups (broad SMARTS) is 1. The Morgan fingerprint density at radius 2 is 2.15 bits per heavy atom. The minimum Gasteiger partial charge on any atom is -0.478 e. The van der Waals surface area contributed by atoms with Crippen molar-refractivity contribution in [2.75, 3.05) is 10.7 Å². The Bertz CT molecular complexity index is 594. The predicted octanol–water partition coefficient (Wildman–Crippen LogP) is 4.68. The van der Waals surface area contributed by atoms with Gasteiger partial charge in [0.25, 0.3) is 0 Å². The third kappa shape index (κ3) is 3.20. The van der Waals surface area contributed by atoms with E-state index in [-0.39, 0.29) is 5.56 Å². The van der Waals surface area contributed by atoms with Crippen LogP contribution in [-0.4, -0.2) is 27.4 Å². The SMILES string of the molecule is CC1C/C=C(\CBr)C(CBr)=Nc2cc(C(=O)O)ccc21. The van der Waals surface area contributed by atoms with E-state index in [4.69, 9.17) is 5.11 Å². The normalized spacial score (nSPS) is 21.1. The highest BCUT2D eigenvalue weighted by atomic mass is 79.9. The average Bonchev–Trinajstić information content (AvgIpc) is 2.44. The average molecular weight is 401 g/mol. The van der Waals surface area contributed by atoms with Crippen LogP contribution >= 0.6 is 31.9 Å². The highest BCUT2D eigenvalue weighted by Gasteiger charge is 2.17. The van der Waals surface area contributed by atoms with Crippen molar-refractivity contribution < 1.29 is 9.90 Å². The van der Waals surface area contributed by atoms with E-state index in [0.717, 1.165) is 34.3 Å². The summed E-state index contributed by atoms with van der Waals surface area (Å²) < 4.78 is 0. The van der Waals surface area contributed by atoms with Gasteiger partial charge in [0.15, 0.2) is 0 Å². The first-order valence-corrected chi connectivity index (χ1v) is 8.57. The minimum absolute atomic E-state index is 0.276. The van der Waals surface area contributed by atoms with E-state index in [0.29, 0.717) is 11.2 Å². The topological polar surface area (TPSA) is 49.7 Å². The summed E-state index contributed by atoms with van der Waals surface area (Å²) in [6, 6.07) is 5.19. The summed E-state index contributed by atoms with van der Waals surface area (Å²) in [5, 5.41) is 10.5.